The second kappa shape index (κ2) is 7.88. The Morgan fingerprint density at radius 3 is 2.53 bits per heavy atom. The van der Waals surface area contributed by atoms with E-state index in [-0.39, 0.29) is 6.04 Å². The first-order chi connectivity index (χ1) is 8.15. The van der Waals surface area contributed by atoms with Gasteiger partial charge in [-0.05, 0) is 50.7 Å². The first kappa shape index (κ1) is 14.7. The van der Waals surface area contributed by atoms with Crippen molar-refractivity contribution in [2.24, 2.45) is 5.92 Å². The van der Waals surface area contributed by atoms with Crippen molar-refractivity contribution in [3.63, 3.8) is 0 Å². The van der Waals surface area contributed by atoms with Crippen LogP contribution in [0, 0.1) is 5.92 Å². The van der Waals surface area contributed by atoms with Gasteiger partial charge in [-0.25, -0.2) is 0 Å². The summed E-state index contributed by atoms with van der Waals surface area (Å²) >= 11 is 5.31. The van der Waals surface area contributed by atoms with Crippen molar-refractivity contribution >= 4 is 17.3 Å². The molecule has 0 saturated heterocycles. The fraction of sp³-hybridized carbons (Fsp3) is 0.923. The largest absolute Gasteiger partial charge is 0.383 e. The highest BCUT2D eigenvalue weighted by Crippen LogP contribution is 2.26. The zero-order chi connectivity index (χ0) is 12.7. The minimum atomic E-state index is 0.270. The Bertz CT molecular complexity index is 227. The summed E-state index contributed by atoms with van der Waals surface area (Å²) in [7, 11) is 1.71. The van der Waals surface area contributed by atoms with Gasteiger partial charge in [0.1, 0.15) is 0 Å². The lowest BCUT2D eigenvalue weighted by molar-refractivity contribution is 0.179. The van der Waals surface area contributed by atoms with Crippen LogP contribution in [0.5, 0.6) is 0 Å². The zero-order valence-corrected chi connectivity index (χ0v) is 12.1. The van der Waals surface area contributed by atoms with Gasteiger partial charge in [0.15, 0.2) is 5.11 Å². The number of hydrogen-bond acceptors (Lipinski definition) is 2. The number of thiocarbonyl (C=S) groups is 1. The smallest absolute Gasteiger partial charge is 0.166 e. The van der Waals surface area contributed by atoms with E-state index < -0.39 is 0 Å². The highest BCUT2D eigenvalue weighted by atomic mass is 32.1. The summed E-state index contributed by atoms with van der Waals surface area (Å²) in [4.78, 5) is 0. The molecule has 1 fully saturated rings. The Kier molecular flexibility index (Phi) is 6.82. The Morgan fingerprint density at radius 2 is 2.00 bits per heavy atom. The highest BCUT2D eigenvalue weighted by Gasteiger charge is 2.20. The number of rotatable bonds is 5. The van der Waals surface area contributed by atoms with Crippen LogP contribution in [-0.2, 0) is 4.74 Å². The van der Waals surface area contributed by atoms with Gasteiger partial charge < -0.3 is 15.4 Å². The summed E-state index contributed by atoms with van der Waals surface area (Å²) in [5.41, 5.74) is 0. The van der Waals surface area contributed by atoms with Gasteiger partial charge in [-0.3, -0.25) is 0 Å². The van der Waals surface area contributed by atoms with Gasteiger partial charge in [-0.1, -0.05) is 13.3 Å². The summed E-state index contributed by atoms with van der Waals surface area (Å²) in [6.07, 6.45) is 6.49. The van der Waals surface area contributed by atoms with E-state index in [0.29, 0.717) is 12.6 Å². The van der Waals surface area contributed by atoms with Crippen molar-refractivity contribution in [2.45, 2.75) is 58.0 Å². The normalized spacial score (nSPS) is 26.3. The molecule has 0 aromatic carbocycles. The van der Waals surface area contributed by atoms with Crippen molar-refractivity contribution in [3.8, 4) is 0 Å². The Hall–Kier alpha value is -0.350. The minimum absolute atomic E-state index is 0.270. The molecular formula is C13H26N2OS. The van der Waals surface area contributed by atoms with Crippen molar-refractivity contribution in [1.82, 2.24) is 10.6 Å². The zero-order valence-electron chi connectivity index (χ0n) is 11.3. The van der Waals surface area contributed by atoms with E-state index in [4.69, 9.17) is 17.0 Å². The van der Waals surface area contributed by atoms with E-state index in [2.05, 4.69) is 24.5 Å². The third-order valence-electron chi connectivity index (χ3n) is 3.55. The number of ether oxygens (including phenoxy) is 1. The molecular weight excluding hydrogens is 232 g/mol. The third kappa shape index (κ3) is 5.68. The monoisotopic (exact) mass is 258 g/mol. The Balaban J connectivity index is 2.19. The molecule has 0 aliphatic heterocycles. The summed E-state index contributed by atoms with van der Waals surface area (Å²) < 4.78 is 5.07. The van der Waals surface area contributed by atoms with Crippen LogP contribution in [-0.4, -0.2) is 30.9 Å². The molecule has 0 amide bonds. The van der Waals surface area contributed by atoms with Crippen molar-refractivity contribution in [3.05, 3.63) is 0 Å². The molecule has 1 aliphatic rings. The van der Waals surface area contributed by atoms with Crippen LogP contribution >= 0.6 is 12.2 Å². The molecule has 100 valence electrons. The Morgan fingerprint density at radius 1 is 1.35 bits per heavy atom. The molecule has 2 N–H and O–H groups in total. The third-order valence-corrected chi connectivity index (χ3v) is 3.79. The van der Waals surface area contributed by atoms with Gasteiger partial charge in [-0.2, -0.15) is 0 Å². The van der Waals surface area contributed by atoms with Crippen molar-refractivity contribution in [2.75, 3.05) is 13.7 Å². The summed E-state index contributed by atoms with van der Waals surface area (Å²) in [6, 6.07) is 0.833. The standard InChI is InChI=1S/C13H26N2OS/c1-4-11-5-7-12(8-6-11)15-13(17)14-10(2)9-16-3/h10-12H,4-9H2,1-3H3,(H2,14,15,17). The van der Waals surface area contributed by atoms with Gasteiger partial charge >= 0.3 is 0 Å². The van der Waals surface area contributed by atoms with Crippen LogP contribution in [0.4, 0.5) is 0 Å². The lowest BCUT2D eigenvalue weighted by Gasteiger charge is -2.30. The van der Waals surface area contributed by atoms with E-state index in [0.717, 1.165) is 11.0 Å². The van der Waals surface area contributed by atoms with E-state index in [1.165, 1.54) is 32.1 Å². The molecule has 0 spiro atoms. The second-order valence-electron chi connectivity index (χ2n) is 5.10. The maximum Gasteiger partial charge on any atom is 0.166 e. The van der Waals surface area contributed by atoms with E-state index in [9.17, 15) is 0 Å². The van der Waals surface area contributed by atoms with Crippen LogP contribution in [0.15, 0.2) is 0 Å². The maximum atomic E-state index is 5.31. The number of methoxy groups -OCH3 is 1. The van der Waals surface area contributed by atoms with E-state index in [1.807, 2.05) is 0 Å². The Labute approximate surface area is 111 Å². The first-order valence-electron chi connectivity index (χ1n) is 6.71. The molecule has 0 aromatic rings. The van der Waals surface area contributed by atoms with Gasteiger partial charge in [0.25, 0.3) is 0 Å². The van der Waals surface area contributed by atoms with Gasteiger partial charge in [0.05, 0.1) is 6.61 Å². The molecule has 1 unspecified atom stereocenters. The maximum absolute atomic E-state index is 5.31. The molecule has 0 radical (unpaired) electrons. The average molecular weight is 258 g/mol. The highest BCUT2D eigenvalue weighted by molar-refractivity contribution is 7.80. The fourth-order valence-corrected chi connectivity index (χ4v) is 2.83. The predicted octanol–water partition coefficient (Wildman–Crippen LogP) is 2.45. The van der Waals surface area contributed by atoms with Crippen LogP contribution in [0.2, 0.25) is 0 Å². The fourth-order valence-electron chi connectivity index (χ4n) is 2.46. The molecule has 3 nitrogen and oxygen atoms in total. The topological polar surface area (TPSA) is 33.3 Å². The van der Waals surface area contributed by atoms with Gasteiger partial charge in [-0.15, -0.1) is 0 Å². The van der Waals surface area contributed by atoms with Crippen LogP contribution in [0.1, 0.15) is 46.0 Å². The van der Waals surface area contributed by atoms with E-state index >= 15 is 0 Å². The van der Waals surface area contributed by atoms with Crippen molar-refractivity contribution in [1.29, 1.82) is 0 Å². The molecule has 1 aliphatic carbocycles. The predicted molar refractivity (Wildman–Crippen MR) is 76.2 cm³/mol. The summed E-state index contributed by atoms with van der Waals surface area (Å²) in [5.74, 6) is 0.932. The molecule has 1 atom stereocenters. The minimum Gasteiger partial charge on any atom is -0.383 e. The number of hydrogen-bond donors (Lipinski definition) is 2. The van der Waals surface area contributed by atoms with Crippen LogP contribution in [0.25, 0.3) is 0 Å². The molecule has 1 rings (SSSR count). The molecule has 0 aromatic heterocycles. The molecule has 17 heavy (non-hydrogen) atoms. The molecule has 0 bridgehead atoms. The quantitative estimate of drug-likeness (QED) is 0.742. The van der Waals surface area contributed by atoms with Crippen LogP contribution < -0.4 is 10.6 Å². The summed E-state index contributed by atoms with van der Waals surface area (Å²) in [6.45, 7) is 5.05. The van der Waals surface area contributed by atoms with Crippen molar-refractivity contribution < 1.29 is 4.74 Å². The lowest BCUT2D eigenvalue weighted by Crippen LogP contribution is -2.47. The molecule has 1 saturated carbocycles. The van der Waals surface area contributed by atoms with Gasteiger partial charge in [0, 0.05) is 19.2 Å². The first-order valence-corrected chi connectivity index (χ1v) is 7.12. The lowest BCUT2D eigenvalue weighted by atomic mass is 9.85. The van der Waals surface area contributed by atoms with Gasteiger partial charge in [0.2, 0.25) is 0 Å². The van der Waals surface area contributed by atoms with Crippen LogP contribution in [0.3, 0.4) is 0 Å². The summed E-state index contributed by atoms with van der Waals surface area (Å²) in [5, 5.41) is 7.44. The number of nitrogens with one attached hydrogen (secondary N) is 2. The molecule has 4 heteroatoms. The average Bonchev–Trinajstić information content (AvgIpc) is 2.30. The SMILES string of the molecule is CCC1CCC(NC(=S)NC(C)COC)CC1. The second-order valence-corrected chi connectivity index (χ2v) is 5.51. The van der Waals surface area contributed by atoms with E-state index in [1.54, 1.807) is 7.11 Å². The molecule has 0 heterocycles.